The molecular formula is C28H32FN9O4. The highest BCUT2D eigenvalue weighted by molar-refractivity contribution is 6.06. The van der Waals surface area contributed by atoms with Crippen molar-refractivity contribution in [1.29, 1.82) is 0 Å². The Morgan fingerprint density at radius 3 is 2.60 bits per heavy atom. The first-order valence-corrected chi connectivity index (χ1v) is 13.3. The third kappa shape index (κ3) is 6.46. The molecule has 13 nitrogen and oxygen atoms in total. The molecule has 14 heteroatoms. The van der Waals surface area contributed by atoms with Crippen LogP contribution in [-0.2, 0) is 14.3 Å². The van der Waals surface area contributed by atoms with Crippen molar-refractivity contribution in [3.63, 3.8) is 0 Å². The first kappa shape index (κ1) is 28.9. The Morgan fingerprint density at radius 2 is 1.88 bits per heavy atom. The molecule has 0 saturated carbocycles. The molecule has 0 bridgehead atoms. The van der Waals surface area contributed by atoms with Crippen LogP contribution in [0.15, 0.2) is 48.9 Å². The summed E-state index contributed by atoms with van der Waals surface area (Å²) < 4.78 is 24.9. The molecule has 5 rings (SSSR count). The van der Waals surface area contributed by atoms with Gasteiger partial charge in [0.1, 0.15) is 17.6 Å². The monoisotopic (exact) mass is 577 g/mol. The zero-order valence-corrected chi connectivity index (χ0v) is 23.5. The van der Waals surface area contributed by atoms with Gasteiger partial charge in [-0.1, -0.05) is 12.1 Å². The van der Waals surface area contributed by atoms with Gasteiger partial charge in [-0.2, -0.15) is 0 Å². The van der Waals surface area contributed by atoms with Crippen LogP contribution in [0.3, 0.4) is 0 Å². The normalized spacial score (nSPS) is 14.9. The van der Waals surface area contributed by atoms with E-state index < -0.39 is 18.0 Å². The lowest BCUT2D eigenvalue weighted by atomic mass is 10.1. The van der Waals surface area contributed by atoms with Gasteiger partial charge in [0.15, 0.2) is 5.82 Å². The first-order chi connectivity index (χ1) is 20.4. The Hall–Kier alpha value is -4.66. The fraction of sp³-hybridized carbons (Fsp3) is 0.321. The Labute approximate surface area is 241 Å². The number of para-hydroxylation sites is 1. The van der Waals surface area contributed by atoms with Crippen molar-refractivity contribution in [1.82, 2.24) is 29.7 Å². The summed E-state index contributed by atoms with van der Waals surface area (Å²) in [5, 5.41) is 9.17. The van der Waals surface area contributed by atoms with Gasteiger partial charge in [-0.15, -0.1) is 0 Å². The van der Waals surface area contributed by atoms with E-state index in [2.05, 4.69) is 57.5 Å². The molecule has 0 radical (unpaired) electrons. The maximum absolute atomic E-state index is 15.0. The van der Waals surface area contributed by atoms with Crippen LogP contribution in [-0.4, -0.2) is 102 Å². The molecule has 2 amide bonds. The standard InChI is InChI=1S/C28H32FN9O4/c1-37-9-11-38(12-10-37)22(16-41-2)26(39)34-21-6-4-5-18-19(14-31-25(18)21)24-20(29)15-32-27(36-24)33-17-7-8-23(30-13-17)35-28(40)42-3/h4-8,13-15,22,31H,9-12,16H2,1-3H3,(H,34,39)(H,30,35,40)(H,32,33,36). The number of hydrogen-bond acceptors (Lipinski definition) is 10. The molecule has 4 heterocycles. The molecule has 4 N–H and O–H groups in total. The summed E-state index contributed by atoms with van der Waals surface area (Å²) in [4.78, 5) is 44.9. The van der Waals surface area contributed by atoms with Crippen molar-refractivity contribution >= 4 is 46.0 Å². The predicted octanol–water partition coefficient (Wildman–Crippen LogP) is 3.28. The van der Waals surface area contributed by atoms with Gasteiger partial charge in [0.2, 0.25) is 11.9 Å². The average Bonchev–Trinajstić information content (AvgIpc) is 3.43. The summed E-state index contributed by atoms with van der Waals surface area (Å²) in [6, 6.07) is 8.20. The van der Waals surface area contributed by atoms with Crippen LogP contribution in [0.1, 0.15) is 0 Å². The number of nitrogens with zero attached hydrogens (tertiary/aromatic N) is 5. The fourth-order valence-electron chi connectivity index (χ4n) is 4.75. The van der Waals surface area contributed by atoms with Crippen molar-refractivity contribution in [3.05, 3.63) is 54.7 Å². The quantitative estimate of drug-likeness (QED) is 0.233. The van der Waals surface area contributed by atoms with E-state index in [1.807, 2.05) is 6.07 Å². The molecule has 1 aliphatic heterocycles. The lowest BCUT2D eigenvalue weighted by Gasteiger charge is -2.36. The number of ether oxygens (including phenoxy) is 2. The van der Waals surface area contributed by atoms with Crippen LogP contribution >= 0.6 is 0 Å². The molecule has 0 aliphatic carbocycles. The number of carbonyl (C=O) groups excluding carboxylic acids is 2. The number of benzene rings is 1. The summed E-state index contributed by atoms with van der Waals surface area (Å²) in [6.07, 6.45) is 3.57. The predicted molar refractivity (Wildman–Crippen MR) is 156 cm³/mol. The van der Waals surface area contributed by atoms with Crippen molar-refractivity contribution < 1.29 is 23.5 Å². The Balaban J connectivity index is 1.36. The number of rotatable bonds is 9. The number of pyridine rings is 1. The van der Waals surface area contributed by atoms with E-state index in [9.17, 15) is 9.59 Å². The number of piperazine rings is 1. The third-order valence-electron chi connectivity index (χ3n) is 7.01. The van der Waals surface area contributed by atoms with Crippen LogP contribution in [0.25, 0.3) is 22.2 Å². The van der Waals surface area contributed by atoms with Gasteiger partial charge in [-0.25, -0.2) is 24.1 Å². The number of hydrogen-bond donors (Lipinski definition) is 4. The lowest BCUT2D eigenvalue weighted by Crippen LogP contribution is -2.54. The van der Waals surface area contributed by atoms with Crippen molar-refractivity contribution in [2.24, 2.45) is 0 Å². The highest BCUT2D eigenvalue weighted by Gasteiger charge is 2.29. The number of methoxy groups -OCH3 is 2. The van der Waals surface area contributed by atoms with E-state index in [0.29, 0.717) is 33.7 Å². The second-order valence-corrected chi connectivity index (χ2v) is 9.79. The molecule has 42 heavy (non-hydrogen) atoms. The molecule has 1 aromatic carbocycles. The molecule has 4 aromatic rings. The second-order valence-electron chi connectivity index (χ2n) is 9.79. The SMILES string of the molecule is COCC(C(=O)Nc1cccc2c(-c3nc(Nc4ccc(NC(=O)OC)nc4)ncc3F)c[nH]c12)N1CCN(C)CC1. The van der Waals surface area contributed by atoms with Crippen LogP contribution in [0.5, 0.6) is 0 Å². The smallest absolute Gasteiger partial charge is 0.412 e. The number of halogens is 1. The Bertz CT molecular complexity index is 1560. The van der Waals surface area contributed by atoms with Gasteiger partial charge >= 0.3 is 6.09 Å². The topological polar surface area (TPSA) is 150 Å². The first-order valence-electron chi connectivity index (χ1n) is 13.3. The van der Waals surface area contributed by atoms with E-state index in [-0.39, 0.29) is 24.2 Å². The number of aromatic nitrogens is 4. The maximum Gasteiger partial charge on any atom is 0.412 e. The number of anilines is 4. The molecule has 0 spiro atoms. The molecule has 1 fully saturated rings. The van der Waals surface area contributed by atoms with Gasteiger partial charge in [0.25, 0.3) is 0 Å². The van der Waals surface area contributed by atoms with Crippen LogP contribution in [0.4, 0.5) is 32.3 Å². The number of likely N-dealkylation sites (N-methyl/N-ethyl adjacent to an activating group) is 1. The third-order valence-corrected chi connectivity index (χ3v) is 7.01. The van der Waals surface area contributed by atoms with Crippen LogP contribution in [0.2, 0.25) is 0 Å². The van der Waals surface area contributed by atoms with Gasteiger partial charge in [-0.3, -0.25) is 15.0 Å². The minimum absolute atomic E-state index is 0.0776. The summed E-state index contributed by atoms with van der Waals surface area (Å²) in [7, 11) is 4.90. The van der Waals surface area contributed by atoms with Gasteiger partial charge in [0.05, 0.1) is 43.0 Å². The number of H-pyrrole nitrogens is 1. The molecule has 1 atom stereocenters. The summed E-state index contributed by atoms with van der Waals surface area (Å²) in [5.74, 6) is -0.338. The minimum Gasteiger partial charge on any atom is -0.453 e. The molecule has 1 aliphatic rings. The average molecular weight is 578 g/mol. The number of carbonyl (C=O) groups is 2. The summed E-state index contributed by atoms with van der Waals surface area (Å²) in [5.41, 5.74) is 2.32. The van der Waals surface area contributed by atoms with E-state index in [0.717, 1.165) is 32.4 Å². The zero-order chi connectivity index (χ0) is 29.6. The summed E-state index contributed by atoms with van der Waals surface area (Å²) in [6.45, 7) is 3.55. The lowest BCUT2D eigenvalue weighted by molar-refractivity contribution is -0.124. The highest BCUT2D eigenvalue weighted by atomic mass is 19.1. The maximum atomic E-state index is 15.0. The van der Waals surface area contributed by atoms with E-state index >= 15 is 4.39 Å². The van der Waals surface area contributed by atoms with Crippen molar-refractivity contribution in [2.75, 3.05) is 70.0 Å². The molecule has 1 unspecified atom stereocenters. The Morgan fingerprint density at radius 1 is 1.07 bits per heavy atom. The number of aromatic amines is 1. The zero-order valence-electron chi connectivity index (χ0n) is 23.5. The number of amides is 2. The van der Waals surface area contributed by atoms with E-state index in [1.165, 1.54) is 13.3 Å². The second kappa shape index (κ2) is 12.9. The Kier molecular flexibility index (Phi) is 8.85. The number of fused-ring (bicyclic) bond motifs is 1. The van der Waals surface area contributed by atoms with Crippen LogP contribution < -0.4 is 16.0 Å². The van der Waals surface area contributed by atoms with Crippen LogP contribution in [0, 0.1) is 5.82 Å². The van der Waals surface area contributed by atoms with Gasteiger partial charge in [0, 0.05) is 50.4 Å². The fourth-order valence-corrected chi connectivity index (χ4v) is 4.75. The van der Waals surface area contributed by atoms with E-state index in [4.69, 9.17) is 4.74 Å². The molecule has 220 valence electrons. The molecule has 3 aromatic heterocycles. The van der Waals surface area contributed by atoms with Gasteiger partial charge < -0.3 is 30.0 Å². The van der Waals surface area contributed by atoms with Crippen molar-refractivity contribution in [2.45, 2.75) is 6.04 Å². The van der Waals surface area contributed by atoms with Crippen molar-refractivity contribution in [3.8, 4) is 11.3 Å². The van der Waals surface area contributed by atoms with E-state index in [1.54, 1.807) is 37.6 Å². The van der Waals surface area contributed by atoms with Gasteiger partial charge in [-0.05, 0) is 25.2 Å². The largest absolute Gasteiger partial charge is 0.453 e. The molecule has 1 saturated heterocycles. The number of nitrogens with one attached hydrogen (secondary N) is 4. The molecular weight excluding hydrogens is 545 g/mol. The minimum atomic E-state index is -0.638. The highest BCUT2D eigenvalue weighted by Crippen LogP contribution is 2.33. The summed E-state index contributed by atoms with van der Waals surface area (Å²) >= 11 is 0.